The molecule has 0 aliphatic carbocycles. The fraction of sp³-hybridized carbons (Fsp3) is 0.385. The summed E-state index contributed by atoms with van der Waals surface area (Å²) < 4.78 is 1.80. The summed E-state index contributed by atoms with van der Waals surface area (Å²) >= 11 is 0. The monoisotopic (exact) mass is 441 g/mol. The van der Waals surface area contributed by atoms with Gasteiger partial charge in [-0.05, 0) is 62.5 Å². The highest BCUT2D eigenvalue weighted by atomic mass is 15.4. The molecule has 0 atom stereocenters. The highest BCUT2D eigenvalue weighted by Crippen LogP contribution is 2.31. The lowest BCUT2D eigenvalue weighted by molar-refractivity contribution is 0.308. The lowest BCUT2D eigenvalue weighted by Gasteiger charge is -2.19. The van der Waals surface area contributed by atoms with E-state index in [1.54, 1.807) is 4.52 Å². The lowest BCUT2D eigenvalue weighted by atomic mass is 9.98. The summed E-state index contributed by atoms with van der Waals surface area (Å²) in [7, 11) is 0. The minimum Gasteiger partial charge on any atom is -0.337 e. The largest absolute Gasteiger partial charge is 0.337 e. The normalized spacial score (nSPS) is 12.1. The van der Waals surface area contributed by atoms with Crippen molar-refractivity contribution in [2.75, 3.05) is 19.6 Å². The zero-order valence-electron chi connectivity index (χ0n) is 20.1. The Morgan fingerprint density at radius 1 is 1.00 bits per heavy atom. The molecular formula is C26H31N7. The smallest absolute Gasteiger partial charge is 0.273 e. The minimum absolute atomic E-state index is 0.522. The van der Waals surface area contributed by atoms with Crippen LogP contribution in [0.1, 0.15) is 47.5 Å². The highest BCUT2D eigenvalue weighted by molar-refractivity contribution is 6.07. The van der Waals surface area contributed by atoms with Crippen LogP contribution in [-0.2, 0) is 12.8 Å². The number of aromatic amines is 1. The van der Waals surface area contributed by atoms with Crippen molar-refractivity contribution in [2.45, 2.75) is 47.5 Å². The summed E-state index contributed by atoms with van der Waals surface area (Å²) in [4.78, 5) is 10.7. The molecule has 0 amide bonds. The zero-order chi connectivity index (χ0) is 23.1. The highest BCUT2D eigenvalue weighted by Gasteiger charge is 2.18. The van der Waals surface area contributed by atoms with Crippen LogP contribution < -0.4 is 0 Å². The molecule has 2 aromatic carbocycles. The Morgan fingerprint density at radius 2 is 1.76 bits per heavy atom. The predicted octanol–water partition coefficient (Wildman–Crippen LogP) is 4.55. The standard InChI is InChI=1S/C26H31N7/c1-6-32(7-2)13-12-20-14-17(4)23-22(18(20)5)24-25(27-23)28-26-30-29-21(33(26)31-24)15-19-10-8-16(3)9-11-19/h8-11,14H,6-7,12-13,15H2,1-5H3,(H,27,28,30). The first kappa shape index (κ1) is 21.5. The molecule has 0 aliphatic heterocycles. The van der Waals surface area contributed by atoms with Crippen LogP contribution in [0.4, 0.5) is 0 Å². The summed E-state index contributed by atoms with van der Waals surface area (Å²) in [5, 5.41) is 14.8. The van der Waals surface area contributed by atoms with E-state index >= 15 is 0 Å². The van der Waals surface area contributed by atoms with Gasteiger partial charge in [0, 0.05) is 18.4 Å². The molecule has 3 aromatic heterocycles. The molecule has 0 bridgehead atoms. The predicted molar refractivity (Wildman–Crippen MR) is 133 cm³/mol. The maximum Gasteiger partial charge on any atom is 0.273 e. The Hall–Kier alpha value is -3.32. The van der Waals surface area contributed by atoms with Gasteiger partial charge in [0.2, 0.25) is 0 Å². The van der Waals surface area contributed by atoms with Gasteiger partial charge >= 0.3 is 0 Å². The summed E-state index contributed by atoms with van der Waals surface area (Å²) in [6.07, 6.45) is 1.69. The molecule has 3 heterocycles. The first-order valence-electron chi connectivity index (χ1n) is 11.8. The molecule has 170 valence electrons. The Morgan fingerprint density at radius 3 is 2.48 bits per heavy atom. The molecule has 0 saturated heterocycles. The number of nitrogens with one attached hydrogen (secondary N) is 1. The topological polar surface area (TPSA) is 75.0 Å². The molecule has 1 N–H and O–H groups in total. The first-order chi connectivity index (χ1) is 16.0. The molecule has 33 heavy (non-hydrogen) atoms. The van der Waals surface area contributed by atoms with Gasteiger partial charge in [0.05, 0.1) is 5.52 Å². The molecule has 0 fully saturated rings. The lowest BCUT2D eigenvalue weighted by Crippen LogP contribution is -2.25. The number of aryl methyl sites for hydroxylation is 3. The van der Waals surface area contributed by atoms with Gasteiger partial charge < -0.3 is 9.88 Å². The van der Waals surface area contributed by atoms with Gasteiger partial charge in [0.1, 0.15) is 5.52 Å². The first-order valence-corrected chi connectivity index (χ1v) is 11.8. The van der Waals surface area contributed by atoms with Crippen molar-refractivity contribution in [1.29, 1.82) is 0 Å². The number of nitrogens with zero attached hydrogens (tertiary/aromatic N) is 6. The van der Waals surface area contributed by atoms with Gasteiger partial charge in [-0.1, -0.05) is 49.7 Å². The number of hydrogen-bond donors (Lipinski definition) is 1. The quantitative estimate of drug-likeness (QED) is 0.401. The summed E-state index contributed by atoms with van der Waals surface area (Å²) in [5.74, 6) is 1.32. The summed E-state index contributed by atoms with van der Waals surface area (Å²) in [5.41, 5.74) is 9.05. The molecule has 0 spiro atoms. The van der Waals surface area contributed by atoms with E-state index in [2.05, 4.69) is 85.0 Å². The summed E-state index contributed by atoms with van der Waals surface area (Å²) in [6, 6.07) is 10.8. The maximum absolute atomic E-state index is 5.00. The molecule has 0 radical (unpaired) electrons. The van der Waals surface area contributed by atoms with Crippen molar-refractivity contribution < 1.29 is 0 Å². The van der Waals surface area contributed by atoms with E-state index in [1.165, 1.54) is 27.8 Å². The maximum atomic E-state index is 5.00. The van der Waals surface area contributed by atoms with Crippen LogP contribution in [0.5, 0.6) is 0 Å². The molecule has 0 unspecified atom stereocenters. The van der Waals surface area contributed by atoms with Gasteiger partial charge in [-0.25, -0.2) is 0 Å². The van der Waals surface area contributed by atoms with Gasteiger partial charge in [-0.2, -0.15) is 14.6 Å². The van der Waals surface area contributed by atoms with Crippen molar-refractivity contribution in [3.8, 4) is 0 Å². The molecule has 5 rings (SSSR count). The van der Waals surface area contributed by atoms with E-state index in [1.807, 2.05) is 0 Å². The molecule has 0 saturated carbocycles. The summed E-state index contributed by atoms with van der Waals surface area (Å²) in [6.45, 7) is 14.1. The van der Waals surface area contributed by atoms with Crippen molar-refractivity contribution in [3.63, 3.8) is 0 Å². The van der Waals surface area contributed by atoms with Gasteiger partial charge in [-0.3, -0.25) is 0 Å². The van der Waals surface area contributed by atoms with Crippen molar-refractivity contribution >= 4 is 27.8 Å². The van der Waals surface area contributed by atoms with Crippen LogP contribution in [0.2, 0.25) is 0 Å². The molecule has 7 heteroatoms. The Kier molecular flexibility index (Phi) is 5.58. The average Bonchev–Trinajstić information content (AvgIpc) is 3.39. The van der Waals surface area contributed by atoms with Crippen LogP contribution in [-0.4, -0.2) is 54.3 Å². The molecular weight excluding hydrogens is 410 g/mol. The van der Waals surface area contributed by atoms with Crippen LogP contribution in [0, 0.1) is 20.8 Å². The fourth-order valence-electron chi connectivity index (χ4n) is 4.67. The SMILES string of the molecule is CCN(CC)CCc1cc(C)c2[nH]c3nc4nnc(Cc5ccc(C)cc5)n4nc3c2c1C. The average molecular weight is 442 g/mol. The van der Waals surface area contributed by atoms with Crippen LogP contribution in [0.15, 0.2) is 30.3 Å². The van der Waals surface area contributed by atoms with Crippen LogP contribution >= 0.6 is 0 Å². The number of aromatic nitrogens is 6. The zero-order valence-corrected chi connectivity index (χ0v) is 20.1. The molecule has 0 aliphatic rings. The Labute approximate surface area is 193 Å². The second-order valence-corrected chi connectivity index (χ2v) is 8.93. The second kappa shape index (κ2) is 8.56. The van der Waals surface area contributed by atoms with Crippen molar-refractivity contribution in [2.24, 2.45) is 0 Å². The number of benzene rings is 2. The third-order valence-corrected chi connectivity index (χ3v) is 6.77. The van der Waals surface area contributed by atoms with E-state index in [0.717, 1.165) is 53.9 Å². The van der Waals surface area contributed by atoms with E-state index < -0.39 is 0 Å². The third-order valence-electron chi connectivity index (χ3n) is 6.77. The van der Waals surface area contributed by atoms with E-state index in [-0.39, 0.29) is 0 Å². The van der Waals surface area contributed by atoms with E-state index in [0.29, 0.717) is 12.2 Å². The number of H-pyrrole nitrogens is 1. The van der Waals surface area contributed by atoms with Crippen molar-refractivity contribution in [3.05, 3.63) is 64.0 Å². The number of likely N-dealkylation sites (N-methyl/N-ethyl adjacent to an activating group) is 1. The number of rotatable bonds is 7. The van der Waals surface area contributed by atoms with E-state index in [9.17, 15) is 0 Å². The third kappa shape index (κ3) is 3.86. The Bertz CT molecular complexity index is 1440. The fourth-order valence-corrected chi connectivity index (χ4v) is 4.67. The Balaban J connectivity index is 1.61. The van der Waals surface area contributed by atoms with Gasteiger partial charge in [0.25, 0.3) is 5.78 Å². The number of hydrogen-bond acceptors (Lipinski definition) is 5. The minimum atomic E-state index is 0.522. The second-order valence-electron chi connectivity index (χ2n) is 8.93. The van der Waals surface area contributed by atoms with Crippen molar-refractivity contribution in [1.82, 2.24) is 34.7 Å². The molecule has 5 aromatic rings. The van der Waals surface area contributed by atoms with Crippen LogP contribution in [0.25, 0.3) is 27.8 Å². The van der Waals surface area contributed by atoms with Crippen LogP contribution in [0.3, 0.4) is 0 Å². The van der Waals surface area contributed by atoms with Gasteiger partial charge in [-0.15, -0.1) is 10.2 Å². The van der Waals surface area contributed by atoms with Gasteiger partial charge in [0.15, 0.2) is 11.5 Å². The number of fused-ring (bicyclic) bond motifs is 4. The van der Waals surface area contributed by atoms with E-state index in [4.69, 9.17) is 10.1 Å². The molecule has 7 nitrogen and oxygen atoms in total.